The van der Waals surface area contributed by atoms with Gasteiger partial charge < -0.3 is 35.1 Å². The van der Waals surface area contributed by atoms with Crippen molar-refractivity contribution in [3.63, 3.8) is 0 Å². The zero-order valence-electron chi connectivity index (χ0n) is 22.6. The van der Waals surface area contributed by atoms with E-state index in [0.29, 0.717) is 0 Å². The van der Waals surface area contributed by atoms with Gasteiger partial charge in [0.25, 0.3) is 11.9 Å². The normalized spacial score (nSPS) is 28.3. The van der Waals surface area contributed by atoms with Gasteiger partial charge in [-0.3, -0.25) is 14.4 Å². The summed E-state index contributed by atoms with van der Waals surface area (Å²) < 4.78 is 72.2. The first kappa shape index (κ1) is 31.6. The first-order valence-corrected chi connectivity index (χ1v) is 12.9. The molecule has 232 valence electrons. The molecule has 0 aromatic carbocycles. The molecule has 2 aliphatic heterocycles. The standard InChI is InChI=1S/C26H26F4N4O9/c1-9-19(36)12(8-11-15(27)16(28)22(30)34-21(11)29)32-23(37)17(33-24(38)18-13(35)4-3-6-31-18)10(2)42-26(40)20(43-25(9)39)14-5-7-41-14/h3-4,6,9-10,12,14,17,19-20,35-36H,5,7-8H2,1-2H3,(H,32,37)(H,33,38). The minimum Gasteiger partial charge on any atom is -0.505 e. The molecule has 17 heteroatoms. The van der Waals surface area contributed by atoms with E-state index in [1.807, 2.05) is 0 Å². The smallest absolute Gasteiger partial charge is 0.350 e. The van der Waals surface area contributed by atoms with Crippen molar-refractivity contribution in [3.05, 3.63) is 53.1 Å². The van der Waals surface area contributed by atoms with E-state index >= 15 is 0 Å². The van der Waals surface area contributed by atoms with Gasteiger partial charge in [-0.25, -0.2) is 14.2 Å². The number of hydrogen-bond donors (Lipinski definition) is 4. The molecule has 43 heavy (non-hydrogen) atoms. The number of nitrogens with zero attached hydrogens (tertiary/aromatic N) is 2. The molecule has 7 unspecified atom stereocenters. The molecular formula is C26H26F4N4O9. The van der Waals surface area contributed by atoms with Crippen LogP contribution in [0.25, 0.3) is 0 Å². The molecule has 2 aromatic rings. The number of rotatable bonds is 5. The number of aliphatic hydroxyl groups excluding tert-OH is 1. The van der Waals surface area contributed by atoms with Crippen LogP contribution in [-0.2, 0) is 35.0 Å². The fourth-order valence-electron chi connectivity index (χ4n) is 4.42. The van der Waals surface area contributed by atoms with Crippen molar-refractivity contribution < 1.29 is 61.2 Å². The van der Waals surface area contributed by atoms with Crippen LogP contribution in [-0.4, -0.2) is 87.0 Å². The number of hydrogen-bond acceptors (Lipinski definition) is 11. The molecule has 0 bridgehead atoms. The van der Waals surface area contributed by atoms with Crippen LogP contribution in [0.3, 0.4) is 0 Å². The second-order valence-corrected chi connectivity index (χ2v) is 9.92. The van der Waals surface area contributed by atoms with E-state index in [9.17, 15) is 47.0 Å². The van der Waals surface area contributed by atoms with Crippen molar-refractivity contribution in [2.45, 2.75) is 63.2 Å². The van der Waals surface area contributed by atoms with E-state index in [4.69, 9.17) is 14.2 Å². The maximum Gasteiger partial charge on any atom is 0.350 e. The third-order valence-electron chi connectivity index (χ3n) is 7.02. The van der Waals surface area contributed by atoms with Crippen molar-refractivity contribution in [2.75, 3.05) is 6.61 Å². The summed E-state index contributed by atoms with van der Waals surface area (Å²) in [7, 11) is 0. The lowest BCUT2D eigenvalue weighted by Crippen LogP contribution is -2.60. The van der Waals surface area contributed by atoms with E-state index in [1.54, 1.807) is 0 Å². The quantitative estimate of drug-likeness (QED) is 0.205. The fraction of sp³-hybridized carbons (Fsp3) is 0.462. The van der Waals surface area contributed by atoms with Crippen molar-refractivity contribution >= 4 is 23.8 Å². The van der Waals surface area contributed by atoms with Crippen LogP contribution in [0.2, 0.25) is 0 Å². The van der Waals surface area contributed by atoms with E-state index in [2.05, 4.69) is 20.6 Å². The monoisotopic (exact) mass is 614 g/mol. The van der Waals surface area contributed by atoms with Gasteiger partial charge in [0.05, 0.1) is 18.1 Å². The summed E-state index contributed by atoms with van der Waals surface area (Å²) in [6.07, 6.45) is -5.73. The SMILES string of the molecule is CC1OC(=O)C(C2CCO2)OC(=O)C(C)C(O)C(Cc2c(F)nc(F)c(F)c2F)NC(=O)C1NC(=O)c1ncccc1O. The molecule has 4 N–H and O–H groups in total. The summed E-state index contributed by atoms with van der Waals surface area (Å²) in [5, 5.41) is 25.5. The highest BCUT2D eigenvalue weighted by atomic mass is 19.2. The number of cyclic esters (lactones) is 2. The molecular weight excluding hydrogens is 588 g/mol. The Labute approximate surface area is 240 Å². The van der Waals surface area contributed by atoms with Crippen molar-refractivity contribution in [3.8, 4) is 5.75 Å². The maximum absolute atomic E-state index is 14.5. The van der Waals surface area contributed by atoms with Crippen LogP contribution in [0.15, 0.2) is 18.3 Å². The minimum absolute atomic E-state index is 0.232. The molecule has 2 aromatic heterocycles. The van der Waals surface area contributed by atoms with Gasteiger partial charge in [-0.1, -0.05) is 0 Å². The summed E-state index contributed by atoms with van der Waals surface area (Å²) in [6.45, 7) is 2.53. The number of ether oxygens (including phenoxy) is 3. The summed E-state index contributed by atoms with van der Waals surface area (Å²) in [5.41, 5.74) is -1.69. The maximum atomic E-state index is 14.5. The lowest BCUT2D eigenvalue weighted by atomic mass is 9.92. The van der Waals surface area contributed by atoms with Gasteiger partial charge >= 0.3 is 11.9 Å². The number of aromatic nitrogens is 2. The third-order valence-corrected chi connectivity index (χ3v) is 7.02. The van der Waals surface area contributed by atoms with Crippen LogP contribution in [0.4, 0.5) is 17.6 Å². The summed E-state index contributed by atoms with van der Waals surface area (Å²) in [4.78, 5) is 58.8. The molecule has 13 nitrogen and oxygen atoms in total. The number of amides is 2. The highest BCUT2D eigenvalue weighted by molar-refractivity contribution is 5.98. The predicted molar refractivity (Wildman–Crippen MR) is 132 cm³/mol. The third kappa shape index (κ3) is 6.67. The molecule has 2 amide bonds. The van der Waals surface area contributed by atoms with Gasteiger partial charge in [0, 0.05) is 31.2 Å². The van der Waals surface area contributed by atoms with Crippen LogP contribution in [0.5, 0.6) is 5.75 Å². The molecule has 0 aliphatic carbocycles. The van der Waals surface area contributed by atoms with Crippen LogP contribution in [0.1, 0.15) is 36.3 Å². The lowest BCUT2D eigenvalue weighted by Gasteiger charge is -2.36. The number of halogens is 4. The van der Waals surface area contributed by atoms with Crippen LogP contribution < -0.4 is 10.6 Å². The van der Waals surface area contributed by atoms with Crippen molar-refractivity contribution in [1.82, 2.24) is 20.6 Å². The van der Waals surface area contributed by atoms with Crippen LogP contribution >= 0.6 is 0 Å². The summed E-state index contributed by atoms with van der Waals surface area (Å²) in [6, 6.07) is -1.16. The van der Waals surface area contributed by atoms with E-state index in [-0.39, 0.29) is 13.0 Å². The average molecular weight is 615 g/mol. The number of esters is 2. The van der Waals surface area contributed by atoms with Gasteiger partial charge in [-0.05, 0) is 26.0 Å². The fourth-order valence-corrected chi connectivity index (χ4v) is 4.42. The Bertz CT molecular complexity index is 1430. The minimum atomic E-state index is -2.12. The second kappa shape index (κ2) is 12.9. The van der Waals surface area contributed by atoms with Gasteiger partial charge in [0.1, 0.15) is 24.0 Å². The molecule has 4 rings (SSSR count). The van der Waals surface area contributed by atoms with Gasteiger partial charge in [-0.15, -0.1) is 0 Å². The molecule has 0 radical (unpaired) electrons. The van der Waals surface area contributed by atoms with Gasteiger partial charge in [-0.2, -0.15) is 18.2 Å². The molecule has 7 atom stereocenters. The Morgan fingerprint density at radius 1 is 1.09 bits per heavy atom. The van der Waals surface area contributed by atoms with E-state index < -0.39 is 113 Å². The van der Waals surface area contributed by atoms with E-state index in [1.165, 1.54) is 19.2 Å². The summed E-state index contributed by atoms with van der Waals surface area (Å²) >= 11 is 0. The molecule has 2 fully saturated rings. The number of carbonyl (C=O) groups is 4. The highest BCUT2D eigenvalue weighted by Crippen LogP contribution is 2.25. The Morgan fingerprint density at radius 2 is 1.79 bits per heavy atom. The molecule has 2 saturated heterocycles. The first-order chi connectivity index (χ1) is 20.3. The van der Waals surface area contributed by atoms with Crippen molar-refractivity contribution in [1.29, 1.82) is 0 Å². The molecule has 0 saturated carbocycles. The number of carbonyl (C=O) groups excluding carboxylic acids is 4. The zero-order valence-corrected chi connectivity index (χ0v) is 22.6. The predicted octanol–water partition coefficient (Wildman–Crippen LogP) is 0.207. The molecule has 4 heterocycles. The Morgan fingerprint density at radius 3 is 2.42 bits per heavy atom. The zero-order chi connectivity index (χ0) is 31.6. The highest BCUT2D eigenvalue weighted by Gasteiger charge is 2.44. The first-order valence-electron chi connectivity index (χ1n) is 12.9. The Hall–Kier alpha value is -4.38. The lowest BCUT2D eigenvalue weighted by molar-refractivity contribution is -0.198. The average Bonchev–Trinajstić information content (AvgIpc) is 2.93. The molecule has 0 spiro atoms. The number of nitrogens with one attached hydrogen (secondary N) is 2. The number of aromatic hydroxyl groups is 1. The van der Waals surface area contributed by atoms with Crippen LogP contribution in [0, 0.1) is 29.4 Å². The largest absolute Gasteiger partial charge is 0.505 e. The van der Waals surface area contributed by atoms with E-state index in [0.717, 1.165) is 13.0 Å². The number of pyridine rings is 2. The van der Waals surface area contributed by atoms with Crippen molar-refractivity contribution in [2.24, 2.45) is 5.92 Å². The number of aliphatic hydroxyl groups is 1. The second-order valence-electron chi connectivity index (χ2n) is 9.92. The Kier molecular flexibility index (Phi) is 9.44. The summed E-state index contributed by atoms with van der Waals surface area (Å²) in [5.74, 6) is -14.8. The topological polar surface area (TPSA) is 186 Å². The molecule has 2 aliphatic rings. The van der Waals surface area contributed by atoms with Gasteiger partial charge in [0.2, 0.25) is 23.8 Å². The Balaban J connectivity index is 1.73. The van der Waals surface area contributed by atoms with Gasteiger partial charge in [0.15, 0.2) is 11.5 Å².